The number of rotatable bonds is 3. The summed E-state index contributed by atoms with van der Waals surface area (Å²) in [4.78, 5) is 9.52. The molecule has 1 unspecified atom stereocenters. The Morgan fingerprint density at radius 1 is 1.47 bits per heavy atom. The normalized spacial score (nSPS) is 13.4. The number of benzene rings is 1. The van der Waals surface area contributed by atoms with Gasteiger partial charge in [0, 0.05) is 6.07 Å². The fourth-order valence-corrected chi connectivity index (χ4v) is 1.22. The highest BCUT2D eigenvalue weighted by Crippen LogP contribution is 2.28. The first-order valence-corrected chi connectivity index (χ1v) is 4.50. The van der Waals surface area contributed by atoms with Crippen molar-refractivity contribution in [3.8, 4) is 5.75 Å². The van der Waals surface area contributed by atoms with Crippen molar-refractivity contribution < 1.29 is 23.2 Å². The lowest BCUT2D eigenvalue weighted by atomic mass is 10.1. The molecule has 0 bridgehead atoms. The van der Waals surface area contributed by atoms with E-state index >= 15 is 0 Å². The highest BCUT2D eigenvalue weighted by molar-refractivity contribution is 5.47. The van der Waals surface area contributed by atoms with Gasteiger partial charge < -0.3 is 10.8 Å². The molecule has 8 heteroatoms. The minimum absolute atomic E-state index is 0.0814. The summed E-state index contributed by atoms with van der Waals surface area (Å²) in [6.07, 6.45) is -5.09. The zero-order valence-corrected chi connectivity index (χ0v) is 8.44. The lowest BCUT2D eigenvalue weighted by Gasteiger charge is -2.15. The average molecular weight is 250 g/mol. The van der Waals surface area contributed by atoms with E-state index in [-0.39, 0.29) is 5.56 Å². The predicted molar refractivity (Wildman–Crippen MR) is 52.5 cm³/mol. The van der Waals surface area contributed by atoms with Crippen molar-refractivity contribution in [1.82, 2.24) is 0 Å². The van der Waals surface area contributed by atoms with Crippen molar-refractivity contribution >= 4 is 5.69 Å². The molecule has 0 fully saturated rings. The van der Waals surface area contributed by atoms with E-state index in [2.05, 4.69) is 0 Å². The van der Waals surface area contributed by atoms with Gasteiger partial charge in [0.1, 0.15) is 6.04 Å². The molecule has 1 atom stereocenters. The van der Waals surface area contributed by atoms with Gasteiger partial charge in [0.25, 0.3) is 0 Å². The molecule has 0 aliphatic rings. The number of nitro groups is 1. The van der Waals surface area contributed by atoms with Gasteiger partial charge in [0.2, 0.25) is 0 Å². The second-order valence-electron chi connectivity index (χ2n) is 3.43. The number of hydrogen-bond donors (Lipinski definition) is 2. The van der Waals surface area contributed by atoms with Crippen molar-refractivity contribution in [2.45, 2.75) is 18.6 Å². The van der Waals surface area contributed by atoms with Crippen LogP contribution in [0.15, 0.2) is 18.2 Å². The monoisotopic (exact) mass is 250 g/mol. The third kappa shape index (κ3) is 3.31. The van der Waals surface area contributed by atoms with Crippen molar-refractivity contribution in [3.63, 3.8) is 0 Å². The lowest BCUT2D eigenvalue weighted by Crippen LogP contribution is -2.39. The fourth-order valence-electron chi connectivity index (χ4n) is 1.22. The molecule has 0 saturated carbocycles. The smallest absolute Gasteiger partial charge is 0.403 e. The van der Waals surface area contributed by atoms with E-state index in [9.17, 15) is 28.4 Å². The fraction of sp³-hybridized carbons (Fsp3) is 0.333. The third-order valence-corrected chi connectivity index (χ3v) is 2.11. The number of nitrogens with zero attached hydrogens (tertiary/aromatic N) is 1. The van der Waals surface area contributed by atoms with Crippen LogP contribution in [0.4, 0.5) is 18.9 Å². The standard InChI is InChI=1S/C9H9F3N2O3/c10-9(11,12)8(13)4-5-1-2-6(14(16)17)7(15)3-5/h1-3,8,15H,4,13H2. The molecule has 0 aliphatic heterocycles. The molecular weight excluding hydrogens is 241 g/mol. The number of hydrogen-bond acceptors (Lipinski definition) is 4. The van der Waals surface area contributed by atoms with E-state index in [1.807, 2.05) is 0 Å². The van der Waals surface area contributed by atoms with Gasteiger partial charge in [0.15, 0.2) is 5.75 Å². The van der Waals surface area contributed by atoms with Crippen LogP contribution >= 0.6 is 0 Å². The maximum Gasteiger partial charge on any atom is 0.403 e. The van der Waals surface area contributed by atoms with E-state index in [4.69, 9.17) is 5.73 Å². The van der Waals surface area contributed by atoms with Crippen LogP contribution in [0.2, 0.25) is 0 Å². The van der Waals surface area contributed by atoms with Crippen molar-refractivity contribution in [3.05, 3.63) is 33.9 Å². The molecule has 1 rings (SSSR count). The summed E-state index contributed by atoms with van der Waals surface area (Å²) in [7, 11) is 0. The van der Waals surface area contributed by atoms with E-state index < -0.39 is 35.0 Å². The molecule has 0 radical (unpaired) electrons. The zero-order chi connectivity index (χ0) is 13.2. The molecule has 0 heterocycles. The highest BCUT2D eigenvalue weighted by Gasteiger charge is 2.36. The van der Waals surface area contributed by atoms with Crippen LogP contribution in [0.5, 0.6) is 5.75 Å². The number of halogens is 3. The summed E-state index contributed by atoms with van der Waals surface area (Å²) in [6, 6.07) is 0.907. The summed E-state index contributed by atoms with van der Waals surface area (Å²) in [6.45, 7) is 0. The van der Waals surface area contributed by atoms with Gasteiger partial charge in [-0.25, -0.2) is 0 Å². The van der Waals surface area contributed by atoms with E-state index in [1.165, 1.54) is 0 Å². The van der Waals surface area contributed by atoms with Crippen LogP contribution in [0.1, 0.15) is 5.56 Å². The van der Waals surface area contributed by atoms with Crippen LogP contribution in [-0.4, -0.2) is 22.2 Å². The van der Waals surface area contributed by atoms with Gasteiger partial charge in [-0.1, -0.05) is 6.07 Å². The van der Waals surface area contributed by atoms with E-state index in [0.717, 1.165) is 18.2 Å². The first-order chi connectivity index (χ1) is 7.71. The Labute approximate surface area is 93.8 Å². The van der Waals surface area contributed by atoms with Gasteiger partial charge in [-0.3, -0.25) is 10.1 Å². The van der Waals surface area contributed by atoms with Crippen molar-refractivity contribution in [2.75, 3.05) is 0 Å². The molecule has 1 aromatic carbocycles. The van der Waals surface area contributed by atoms with Crippen molar-refractivity contribution in [2.24, 2.45) is 5.73 Å². The molecule has 0 amide bonds. The van der Waals surface area contributed by atoms with Gasteiger partial charge in [-0.05, 0) is 18.1 Å². The maximum atomic E-state index is 12.1. The predicted octanol–water partition coefficient (Wildman–Crippen LogP) is 1.73. The number of aromatic hydroxyl groups is 1. The van der Waals surface area contributed by atoms with Gasteiger partial charge in [-0.2, -0.15) is 13.2 Å². The number of nitrogens with two attached hydrogens (primary N) is 1. The van der Waals surface area contributed by atoms with Crippen LogP contribution in [0.25, 0.3) is 0 Å². The summed E-state index contributed by atoms with van der Waals surface area (Å²) in [5, 5.41) is 19.6. The van der Waals surface area contributed by atoms with Gasteiger partial charge in [0.05, 0.1) is 4.92 Å². The molecular formula is C9H9F3N2O3. The third-order valence-electron chi connectivity index (χ3n) is 2.11. The molecule has 3 N–H and O–H groups in total. The Morgan fingerprint density at radius 2 is 2.06 bits per heavy atom. The molecule has 5 nitrogen and oxygen atoms in total. The first-order valence-electron chi connectivity index (χ1n) is 4.50. The number of phenols is 1. The Balaban J connectivity index is 2.88. The number of nitro benzene ring substituents is 1. The molecule has 0 aromatic heterocycles. The van der Waals surface area contributed by atoms with Crippen LogP contribution < -0.4 is 5.73 Å². The van der Waals surface area contributed by atoms with Crippen molar-refractivity contribution in [1.29, 1.82) is 0 Å². The lowest BCUT2D eigenvalue weighted by molar-refractivity contribution is -0.385. The highest BCUT2D eigenvalue weighted by atomic mass is 19.4. The Kier molecular flexibility index (Phi) is 3.56. The van der Waals surface area contributed by atoms with Gasteiger partial charge >= 0.3 is 11.9 Å². The molecule has 17 heavy (non-hydrogen) atoms. The Hall–Kier alpha value is -1.83. The summed E-state index contributed by atoms with van der Waals surface area (Å²) in [5.74, 6) is -0.679. The minimum Gasteiger partial charge on any atom is -0.502 e. The topological polar surface area (TPSA) is 89.4 Å². The van der Waals surface area contributed by atoms with Crippen LogP contribution in [0.3, 0.4) is 0 Å². The Bertz CT molecular complexity index is 434. The average Bonchev–Trinajstić information content (AvgIpc) is 2.15. The number of alkyl halides is 3. The molecule has 94 valence electrons. The number of phenolic OH excluding ortho intramolecular Hbond substituents is 1. The Morgan fingerprint density at radius 3 is 2.47 bits per heavy atom. The van der Waals surface area contributed by atoms with E-state index in [0.29, 0.717) is 0 Å². The molecule has 0 saturated heterocycles. The molecule has 0 spiro atoms. The largest absolute Gasteiger partial charge is 0.502 e. The van der Waals surface area contributed by atoms with Crippen LogP contribution in [-0.2, 0) is 6.42 Å². The van der Waals surface area contributed by atoms with E-state index in [1.54, 1.807) is 0 Å². The SMILES string of the molecule is NC(Cc1ccc([N+](=O)[O-])c(O)c1)C(F)(F)F. The quantitative estimate of drug-likeness (QED) is 0.631. The second kappa shape index (κ2) is 4.58. The van der Waals surface area contributed by atoms with Gasteiger partial charge in [-0.15, -0.1) is 0 Å². The summed E-state index contributed by atoms with van der Waals surface area (Å²) >= 11 is 0. The molecule has 0 aliphatic carbocycles. The minimum atomic E-state index is -4.54. The maximum absolute atomic E-state index is 12.1. The molecule has 1 aromatic rings. The first kappa shape index (κ1) is 13.2. The zero-order valence-electron chi connectivity index (χ0n) is 8.44. The summed E-state index contributed by atoms with van der Waals surface area (Å²) in [5.41, 5.74) is 4.41. The van der Waals surface area contributed by atoms with Crippen LogP contribution in [0, 0.1) is 10.1 Å². The second-order valence-corrected chi connectivity index (χ2v) is 3.43. The summed E-state index contributed by atoms with van der Waals surface area (Å²) < 4.78 is 36.4.